The summed E-state index contributed by atoms with van der Waals surface area (Å²) < 4.78 is 0. The van der Waals surface area contributed by atoms with Gasteiger partial charge >= 0.3 is 5.97 Å². The highest BCUT2D eigenvalue weighted by Crippen LogP contribution is 2.09. The molecule has 0 unspecified atom stereocenters. The lowest BCUT2D eigenvalue weighted by atomic mass is 10.0. The first-order chi connectivity index (χ1) is 29.0. The van der Waals surface area contributed by atoms with Crippen LogP contribution in [-0.4, -0.2) is 137 Å². The number of aliphatic imine (C=N–C) groups is 1. The Kier molecular flexibility index (Phi) is 22.7. The summed E-state index contributed by atoms with van der Waals surface area (Å²) in [4.78, 5) is 107. The van der Waals surface area contributed by atoms with Crippen LogP contribution in [0.3, 0.4) is 0 Å². The van der Waals surface area contributed by atoms with E-state index in [1.54, 1.807) is 60.7 Å². The minimum atomic E-state index is -1.57. The first-order valence-electron chi connectivity index (χ1n) is 19.0. The van der Waals surface area contributed by atoms with Gasteiger partial charge in [-0.25, -0.2) is 4.79 Å². The van der Waals surface area contributed by atoms with E-state index in [1.165, 1.54) is 6.92 Å². The zero-order valence-corrected chi connectivity index (χ0v) is 35.2. The second kappa shape index (κ2) is 27.0. The Bertz CT molecular complexity index is 1820. The van der Waals surface area contributed by atoms with Crippen LogP contribution >= 0.6 is 25.3 Å². The van der Waals surface area contributed by atoms with Crippen LogP contribution in [0, 0.1) is 0 Å². The van der Waals surface area contributed by atoms with Gasteiger partial charge in [-0.2, -0.15) is 25.3 Å². The largest absolute Gasteiger partial charge is 0.480 e. The Morgan fingerprint density at radius 2 is 1.13 bits per heavy atom. The maximum absolute atomic E-state index is 14.1. The number of aliphatic hydroxyl groups is 1. The summed E-state index contributed by atoms with van der Waals surface area (Å²) in [6, 6.07) is 8.30. The molecule has 0 saturated heterocycles. The minimum absolute atomic E-state index is 0.00837. The fourth-order valence-corrected chi connectivity index (χ4v) is 5.80. The van der Waals surface area contributed by atoms with E-state index >= 15 is 0 Å². The zero-order valence-electron chi connectivity index (χ0n) is 33.4. The molecule has 7 amide bonds. The fourth-order valence-electron chi connectivity index (χ4n) is 5.39. The number of nitrogens with zero attached hydrogens (tertiary/aromatic N) is 1. The third-order valence-electron chi connectivity index (χ3n) is 8.75. The molecular formula is C38H55N11O10S2. The van der Waals surface area contributed by atoms with Crippen molar-refractivity contribution in [3.8, 4) is 0 Å². The quantitative estimate of drug-likeness (QED) is 0.0185. The maximum atomic E-state index is 14.1. The third kappa shape index (κ3) is 18.9. The van der Waals surface area contributed by atoms with E-state index in [0.29, 0.717) is 11.1 Å². The summed E-state index contributed by atoms with van der Waals surface area (Å²) in [5, 5.41) is 36.0. The summed E-state index contributed by atoms with van der Waals surface area (Å²) in [5.74, 6) is -7.50. The molecule has 0 bridgehead atoms. The predicted molar refractivity (Wildman–Crippen MR) is 231 cm³/mol. The monoisotopic (exact) mass is 889 g/mol. The molecule has 2 rings (SSSR count). The van der Waals surface area contributed by atoms with Crippen molar-refractivity contribution in [2.24, 2.45) is 22.2 Å². The van der Waals surface area contributed by atoms with E-state index < -0.39 is 103 Å². The summed E-state index contributed by atoms with van der Waals surface area (Å²) >= 11 is 7.92. The van der Waals surface area contributed by atoms with E-state index in [0.717, 1.165) is 0 Å². The van der Waals surface area contributed by atoms with Gasteiger partial charge in [0, 0.05) is 30.9 Å². The highest BCUT2D eigenvalue weighted by Gasteiger charge is 2.32. The highest BCUT2D eigenvalue weighted by atomic mass is 32.1. The van der Waals surface area contributed by atoms with Crippen LogP contribution in [0.2, 0.25) is 0 Å². The van der Waals surface area contributed by atoms with Crippen LogP contribution in [0.5, 0.6) is 0 Å². The molecule has 7 atom stereocenters. The molecule has 0 spiro atoms. The average molecular weight is 890 g/mol. The topological polar surface area (TPSA) is 352 Å². The Hall–Kier alpha value is -5.91. The summed E-state index contributed by atoms with van der Waals surface area (Å²) in [6.07, 6.45) is 0.228. The Morgan fingerprint density at radius 1 is 0.639 bits per heavy atom. The van der Waals surface area contributed by atoms with E-state index in [9.17, 15) is 43.5 Å². The number of carboxylic acids is 1. The number of benzene rings is 2. The second-order valence-corrected chi connectivity index (χ2v) is 14.4. The van der Waals surface area contributed by atoms with Crippen LogP contribution in [-0.2, 0) is 51.2 Å². The lowest BCUT2D eigenvalue weighted by Gasteiger charge is -2.26. The van der Waals surface area contributed by atoms with E-state index in [-0.39, 0.29) is 49.7 Å². The van der Waals surface area contributed by atoms with Crippen molar-refractivity contribution >= 4 is 78.5 Å². The van der Waals surface area contributed by atoms with Crippen molar-refractivity contribution in [1.82, 2.24) is 37.2 Å². The molecule has 334 valence electrons. The molecule has 0 radical (unpaired) electrons. The Labute approximate surface area is 363 Å². The normalized spacial score (nSPS) is 14.2. The number of carbonyl (C=O) groups is 8. The van der Waals surface area contributed by atoms with E-state index in [4.69, 9.17) is 22.3 Å². The van der Waals surface area contributed by atoms with Crippen molar-refractivity contribution < 1.29 is 48.6 Å². The molecule has 0 aliphatic carbocycles. The number of thiol groups is 2. The number of hydrogen-bond donors (Lipinski definition) is 14. The van der Waals surface area contributed by atoms with Gasteiger partial charge in [0.05, 0.1) is 19.2 Å². The van der Waals surface area contributed by atoms with Gasteiger partial charge < -0.3 is 64.6 Å². The van der Waals surface area contributed by atoms with Gasteiger partial charge in [0.15, 0.2) is 5.96 Å². The second-order valence-electron chi connectivity index (χ2n) is 13.6. The smallest absolute Gasteiger partial charge is 0.327 e. The lowest BCUT2D eigenvalue weighted by Crippen LogP contribution is -2.59. The molecular weight excluding hydrogens is 835 g/mol. The highest BCUT2D eigenvalue weighted by molar-refractivity contribution is 7.80. The van der Waals surface area contributed by atoms with E-state index in [1.807, 2.05) is 0 Å². The van der Waals surface area contributed by atoms with Gasteiger partial charge in [0.2, 0.25) is 41.4 Å². The number of carboxylic acid groups (broad SMARTS) is 1. The van der Waals surface area contributed by atoms with Crippen molar-refractivity contribution in [3.63, 3.8) is 0 Å². The standard InChI is InChI=1S/C38H55N11O10S2/c1-21(31(52)49-29(20-61)37(58)59)44-36(57)28(18-50)45-30(51)17-43-33(54)26(15-22-9-4-2-5-10-22)47-35(56)27(16-23-11-6-3-7-12-23)48-34(55)25(13-8-14-42-38(40)41)46-32(53)24(39)19-60/h2-7,9-12,21,24-29,50,60-61H,8,13-20,39H2,1H3,(H,43,54)(H,44,57)(H,45,51)(H,46,53)(H,47,56)(H,48,55)(H,49,52)(H,58,59)(H4,40,41,42)/t21-,24-,25-,26-,27-,28-,29-/m0/s1. The van der Waals surface area contributed by atoms with Crippen LogP contribution < -0.4 is 54.4 Å². The van der Waals surface area contributed by atoms with Gasteiger partial charge in [-0.15, -0.1) is 0 Å². The number of guanidine groups is 1. The van der Waals surface area contributed by atoms with Crippen LogP contribution in [0.15, 0.2) is 65.7 Å². The minimum Gasteiger partial charge on any atom is -0.480 e. The van der Waals surface area contributed by atoms with Crippen LogP contribution in [0.1, 0.15) is 30.9 Å². The van der Waals surface area contributed by atoms with Gasteiger partial charge in [-0.3, -0.25) is 38.6 Å². The maximum Gasteiger partial charge on any atom is 0.327 e. The number of nitrogens with one attached hydrogen (secondary N) is 7. The zero-order chi connectivity index (χ0) is 45.5. The molecule has 61 heavy (non-hydrogen) atoms. The molecule has 21 nitrogen and oxygen atoms in total. The first-order valence-corrected chi connectivity index (χ1v) is 20.3. The van der Waals surface area contributed by atoms with Crippen molar-refractivity contribution in [2.45, 2.75) is 74.9 Å². The molecule has 0 heterocycles. The SMILES string of the molecule is C[C@H](NC(=O)[C@H](CO)NC(=O)CNC(=O)[C@H](Cc1ccccc1)NC(=O)[C@H](Cc1ccccc1)NC(=O)[C@H](CCCN=C(N)N)NC(=O)[C@@H](N)CS)C(=O)N[C@@H](CS)C(=O)O. The molecule has 2 aromatic carbocycles. The molecule has 0 aliphatic heterocycles. The molecule has 0 aromatic heterocycles. The summed E-state index contributed by atoms with van der Waals surface area (Å²) in [5.41, 5.74) is 17.9. The van der Waals surface area contributed by atoms with Crippen molar-refractivity contribution in [2.75, 3.05) is 31.2 Å². The Balaban J connectivity index is 2.26. The number of hydrogen-bond acceptors (Lipinski definition) is 13. The number of amides is 7. The summed E-state index contributed by atoms with van der Waals surface area (Å²) in [6.45, 7) is -0.227. The van der Waals surface area contributed by atoms with E-state index in [2.05, 4.69) is 67.5 Å². The summed E-state index contributed by atoms with van der Waals surface area (Å²) in [7, 11) is 0. The van der Waals surface area contributed by atoms with Crippen molar-refractivity contribution in [1.29, 1.82) is 0 Å². The number of rotatable bonds is 26. The van der Waals surface area contributed by atoms with Gasteiger partial charge in [-0.05, 0) is 30.9 Å². The van der Waals surface area contributed by atoms with Crippen LogP contribution in [0.25, 0.3) is 0 Å². The first kappa shape index (κ1) is 51.2. The number of nitrogens with two attached hydrogens (primary N) is 3. The number of aliphatic hydroxyl groups excluding tert-OH is 1. The molecule has 2 aromatic rings. The predicted octanol–water partition coefficient (Wildman–Crippen LogP) is -4.17. The lowest BCUT2D eigenvalue weighted by molar-refractivity contribution is -0.141. The molecule has 0 fully saturated rings. The molecule has 0 saturated carbocycles. The Morgan fingerprint density at radius 3 is 1.62 bits per heavy atom. The average Bonchev–Trinajstić information content (AvgIpc) is 3.24. The van der Waals surface area contributed by atoms with Crippen molar-refractivity contribution in [3.05, 3.63) is 71.8 Å². The number of carbonyl (C=O) groups excluding carboxylic acids is 7. The fraction of sp³-hybridized carbons (Fsp3) is 0.447. The number of aliphatic carboxylic acids is 1. The molecule has 23 heteroatoms. The molecule has 15 N–H and O–H groups in total. The van der Waals surface area contributed by atoms with Gasteiger partial charge in [0.1, 0.15) is 36.3 Å². The third-order valence-corrected chi connectivity index (χ3v) is 9.51. The van der Waals surface area contributed by atoms with Gasteiger partial charge in [-0.1, -0.05) is 60.7 Å². The van der Waals surface area contributed by atoms with Crippen LogP contribution in [0.4, 0.5) is 0 Å². The molecule has 0 aliphatic rings. The van der Waals surface area contributed by atoms with Gasteiger partial charge in [0.25, 0.3) is 0 Å².